The molecule has 0 fully saturated rings. The topological polar surface area (TPSA) is 198 Å². The predicted molar refractivity (Wildman–Crippen MR) is 179 cm³/mol. The van der Waals surface area contributed by atoms with Gasteiger partial charge < -0.3 is 30.3 Å². The first kappa shape index (κ1) is 33.8. The summed E-state index contributed by atoms with van der Waals surface area (Å²) in [6.07, 6.45) is 10.7. The number of aromatic nitrogens is 6. The van der Waals surface area contributed by atoms with Crippen molar-refractivity contribution in [1.29, 1.82) is 0 Å². The number of benzene rings is 4. The Kier molecular flexibility index (Phi) is 12.3. The number of aromatic carboxylic acids is 3. The second-order valence-electron chi connectivity index (χ2n) is 9.59. The van der Waals surface area contributed by atoms with Crippen molar-refractivity contribution < 1.29 is 29.7 Å². The molecule has 0 unspecified atom stereocenters. The van der Waals surface area contributed by atoms with Crippen molar-refractivity contribution in [2.75, 3.05) is 0 Å². The van der Waals surface area contributed by atoms with E-state index in [2.05, 4.69) is 29.9 Å². The SMILES string of the molecule is O=C(O)c1ccc(C(=O)O)c(C(=O)O)c1.c1ccc(-c2ncc[nH]2)cc1.c1ccc(-c2ncc[nH]2)cc1.c1ccc(-c2ncc[nH]2)cc1. The molecule has 7 rings (SSSR count). The molecule has 6 N–H and O–H groups in total. The average Bonchev–Trinajstić information content (AvgIpc) is 3.95. The van der Waals surface area contributed by atoms with Gasteiger partial charge in [-0.2, -0.15) is 0 Å². The van der Waals surface area contributed by atoms with E-state index in [9.17, 15) is 14.4 Å². The van der Waals surface area contributed by atoms with Crippen LogP contribution in [0.25, 0.3) is 34.2 Å². The summed E-state index contributed by atoms with van der Waals surface area (Å²) in [6, 6.07) is 32.9. The summed E-state index contributed by atoms with van der Waals surface area (Å²) in [5.41, 5.74) is 2.12. The Morgan fingerprint density at radius 1 is 0.438 bits per heavy atom. The fourth-order valence-corrected chi connectivity index (χ4v) is 4.10. The third kappa shape index (κ3) is 9.97. The standard InChI is InChI=1S/3C9H8N2.C9H6O6/c3*1-2-4-8(5-3-1)9-10-6-7-11-9;10-7(11)4-1-2-5(8(12)13)6(3-4)9(14)15/h3*1-7H,(H,10,11);1-3H,(H,10,11)(H,12,13)(H,14,15). The fourth-order valence-electron chi connectivity index (χ4n) is 4.10. The van der Waals surface area contributed by atoms with E-state index in [1.165, 1.54) is 0 Å². The number of rotatable bonds is 6. The minimum atomic E-state index is -1.48. The van der Waals surface area contributed by atoms with E-state index in [-0.39, 0.29) is 5.56 Å². The van der Waals surface area contributed by atoms with Gasteiger partial charge in [0.2, 0.25) is 0 Å². The molecule has 240 valence electrons. The van der Waals surface area contributed by atoms with Gasteiger partial charge in [-0.1, -0.05) is 91.0 Å². The normalized spacial score (nSPS) is 9.75. The van der Waals surface area contributed by atoms with Gasteiger partial charge in [-0.3, -0.25) is 0 Å². The minimum Gasteiger partial charge on any atom is -0.478 e. The molecule has 3 aromatic heterocycles. The van der Waals surface area contributed by atoms with E-state index >= 15 is 0 Å². The molecule has 12 heteroatoms. The van der Waals surface area contributed by atoms with Crippen molar-refractivity contribution >= 4 is 17.9 Å². The molecule has 4 aromatic carbocycles. The van der Waals surface area contributed by atoms with E-state index in [4.69, 9.17) is 15.3 Å². The van der Waals surface area contributed by atoms with Crippen LogP contribution in [0.15, 0.2) is 146 Å². The predicted octanol–water partition coefficient (Wildman–Crippen LogP) is 7.01. The van der Waals surface area contributed by atoms with Gasteiger partial charge in [-0.25, -0.2) is 29.3 Å². The van der Waals surface area contributed by atoms with E-state index in [1.54, 1.807) is 18.6 Å². The zero-order valence-electron chi connectivity index (χ0n) is 25.3. The van der Waals surface area contributed by atoms with Crippen LogP contribution in [-0.4, -0.2) is 63.1 Å². The van der Waals surface area contributed by atoms with Crippen molar-refractivity contribution in [3.8, 4) is 34.2 Å². The van der Waals surface area contributed by atoms with Crippen LogP contribution in [0.2, 0.25) is 0 Å². The molecule has 0 aliphatic heterocycles. The number of nitrogens with zero attached hydrogens (tertiary/aromatic N) is 3. The number of nitrogens with one attached hydrogen (secondary N) is 3. The molecule has 0 amide bonds. The average molecular weight is 643 g/mol. The van der Waals surface area contributed by atoms with E-state index in [1.807, 2.05) is 110 Å². The molecular weight excluding hydrogens is 612 g/mol. The first-order valence-corrected chi connectivity index (χ1v) is 14.3. The summed E-state index contributed by atoms with van der Waals surface area (Å²) in [6.45, 7) is 0. The Labute approximate surface area is 274 Å². The highest BCUT2D eigenvalue weighted by Gasteiger charge is 2.18. The summed E-state index contributed by atoms with van der Waals surface area (Å²) < 4.78 is 0. The molecule has 0 aliphatic carbocycles. The van der Waals surface area contributed by atoms with Crippen molar-refractivity contribution in [3.05, 3.63) is 163 Å². The lowest BCUT2D eigenvalue weighted by molar-refractivity contribution is 0.0649. The second kappa shape index (κ2) is 17.4. The number of imidazole rings is 3. The third-order valence-corrected chi connectivity index (χ3v) is 6.36. The monoisotopic (exact) mass is 642 g/mol. The van der Waals surface area contributed by atoms with Crippen molar-refractivity contribution in [2.45, 2.75) is 0 Å². The van der Waals surface area contributed by atoms with Crippen molar-refractivity contribution in [1.82, 2.24) is 29.9 Å². The molecule has 0 bridgehead atoms. The first-order chi connectivity index (χ1) is 23.3. The van der Waals surface area contributed by atoms with Crippen LogP contribution in [0.5, 0.6) is 0 Å². The Hall–Kier alpha value is -7.08. The molecule has 0 saturated carbocycles. The zero-order valence-corrected chi connectivity index (χ0v) is 25.3. The molecule has 3 heterocycles. The zero-order chi connectivity index (χ0) is 34.1. The largest absolute Gasteiger partial charge is 0.478 e. The van der Waals surface area contributed by atoms with Gasteiger partial charge in [0.05, 0.1) is 16.7 Å². The lowest BCUT2D eigenvalue weighted by Gasteiger charge is -2.02. The number of carbonyl (C=O) groups is 3. The fraction of sp³-hybridized carbons (Fsp3) is 0. The lowest BCUT2D eigenvalue weighted by atomic mass is 10.0. The number of carboxylic acid groups (broad SMARTS) is 3. The van der Waals surface area contributed by atoms with Gasteiger partial charge in [0.25, 0.3) is 0 Å². The quantitative estimate of drug-likeness (QED) is 0.110. The highest BCUT2D eigenvalue weighted by atomic mass is 16.4. The van der Waals surface area contributed by atoms with Gasteiger partial charge in [0, 0.05) is 53.9 Å². The first-order valence-electron chi connectivity index (χ1n) is 14.3. The number of hydrogen-bond acceptors (Lipinski definition) is 6. The molecule has 0 saturated heterocycles. The van der Waals surface area contributed by atoms with E-state index < -0.39 is 29.0 Å². The Morgan fingerprint density at radius 3 is 1.06 bits per heavy atom. The summed E-state index contributed by atoms with van der Waals surface area (Å²) in [4.78, 5) is 53.3. The molecule has 0 radical (unpaired) electrons. The van der Waals surface area contributed by atoms with Crippen LogP contribution in [0.1, 0.15) is 31.1 Å². The number of carboxylic acids is 3. The summed E-state index contributed by atoms with van der Waals surface area (Å²) in [5, 5.41) is 25.9. The van der Waals surface area contributed by atoms with Crippen molar-refractivity contribution in [2.24, 2.45) is 0 Å². The maximum absolute atomic E-state index is 10.6. The number of aromatic amines is 3. The van der Waals surface area contributed by atoms with E-state index in [0.29, 0.717) is 0 Å². The van der Waals surface area contributed by atoms with E-state index in [0.717, 1.165) is 52.4 Å². The number of hydrogen-bond donors (Lipinski definition) is 6. The highest BCUT2D eigenvalue weighted by Crippen LogP contribution is 2.15. The molecular formula is C36H30N6O6. The Bertz CT molecular complexity index is 1820. The maximum Gasteiger partial charge on any atom is 0.336 e. The van der Waals surface area contributed by atoms with Gasteiger partial charge in [-0.15, -0.1) is 0 Å². The lowest BCUT2D eigenvalue weighted by Crippen LogP contribution is -2.10. The third-order valence-electron chi connectivity index (χ3n) is 6.36. The van der Waals surface area contributed by atoms with Crippen LogP contribution >= 0.6 is 0 Å². The van der Waals surface area contributed by atoms with Crippen LogP contribution < -0.4 is 0 Å². The Balaban J connectivity index is 0.000000146. The summed E-state index contributed by atoms with van der Waals surface area (Å²) in [7, 11) is 0. The maximum atomic E-state index is 10.6. The number of H-pyrrole nitrogens is 3. The Morgan fingerprint density at radius 2 is 0.792 bits per heavy atom. The van der Waals surface area contributed by atoms with Crippen LogP contribution in [0, 0.1) is 0 Å². The molecule has 48 heavy (non-hydrogen) atoms. The second-order valence-corrected chi connectivity index (χ2v) is 9.59. The van der Waals surface area contributed by atoms with Crippen molar-refractivity contribution in [3.63, 3.8) is 0 Å². The van der Waals surface area contributed by atoms with Crippen LogP contribution in [0.4, 0.5) is 0 Å². The van der Waals surface area contributed by atoms with Crippen LogP contribution in [0.3, 0.4) is 0 Å². The van der Waals surface area contributed by atoms with Gasteiger partial charge in [-0.05, 0) is 18.2 Å². The highest BCUT2D eigenvalue weighted by molar-refractivity contribution is 6.03. The molecule has 7 aromatic rings. The minimum absolute atomic E-state index is 0.266. The summed E-state index contributed by atoms with van der Waals surface area (Å²) in [5.74, 6) is -1.43. The molecule has 0 aliphatic rings. The molecule has 0 spiro atoms. The van der Waals surface area contributed by atoms with Gasteiger partial charge in [0.15, 0.2) is 0 Å². The van der Waals surface area contributed by atoms with Gasteiger partial charge in [0.1, 0.15) is 17.5 Å². The smallest absolute Gasteiger partial charge is 0.336 e. The van der Waals surface area contributed by atoms with Crippen LogP contribution in [-0.2, 0) is 0 Å². The molecule has 12 nitrogen and oxygen atoms in total. The molecule has 0 atom stereocenters. The van der Waals surface area contributed by atoms with Gasteiger partial charge >= 0.3 is 17.9 Å². The summed E-state index contributed by atoms with van der Waals surface area (Å²) >= 11 is 0.